The molecule has 0 radical (unpaired) electrons. The fraction of sp³-hybridized carbons (Fsp3) is 0.520. The number of amides is 2. The Kier molecular flexibility index (Phi) is 10.2. The molecule has 2 aromatic rings. The maximum Gasteiger partial charge on any atom is 0.242 e. The lowest BCUT2D eigenvalue weighted by Crippen LogP contribution is -2.44. The molecular weight excluding hydrogens is 376 g/mol. The number of carbonyl (C=O) groups excluding carboxylic acids is 2. The summed E-state index contributed by atoms with van der Waals surface area (Å²) in [4.78, 5) is 29.5. The van der Waals surface area contributed by atoms with E-state index in [2.05, 4.69) is 32.9 Å². The van der Waals surface area contributed by atoms with Gasteiger partial charge in [-0.1, -0.05) is 63.9 Å². The van der Waals surface area contributed by atoms with Gasteiger partial charge in [-0.05, 0) is 36.5 Å². The van der Waals surface area contributed by atoms with Crippen molar-refractivity contribution in [2.24, 2.45) is 5.92 Å². The van der Waals surface area contributed by atoms with E-state index in [-0.39, 0.29) is 18.4 Å². The van der Waals surface area contributed by atoms with E-state index in [0.717, 1.165) is 31.4 Å². The molecule has 2 amide bonds. The average Bonchev–Trinajstić information content (AvgIpc) is 3.24. The summed E-state index contributed by atoms with van der Waals surface area (Å²) in [7, 11) is 0. The Morgan fingerprint density at radius 1 is 0.967 bits per heavy atom. The second kappa shape index (κ2) is 12.9. The van der Waals surface area contributed by atoms with Gasteiger partial charge in [-0.25, -0.2) is 0 Å². The van der Waals surface area contributed by atoms with Crippen LogP contribution in [0.3, 0.4) is 0 Å². The highest BCUT2D eigenvalue weighted by Gasteiger charge is 2.22. The molecule has 1 heterocycles. The van der Waals surface area contributed by atoms with Crippen LogP contribution in [0, 0.1) is 5.92 Å². The summed E-state index contributed by atoms with van der Waals surface area (Å²) in [5, 5.41) is 0. The molecule has 0 unspecified atom stereocenters. The van der Waals surface area contributed by atoms with Crippen LogP contribution in [0.25, 0.3) is 0 Å². The third kappa shape index (κ3) is 8.44. The Bertz CT molecular complexity index is 741. The number of nitrogens with zero attached hydrogens (tertiary/aromatic N) is 2. The minimum absolute atomic E-state index is 0.0353. The second-order valence-corrected chi connectivity index (χ2v) is 8.26. The summed E-state index contributed by atoms with van der Waals surface area (Å²) in [6.07, 6.45) is 5.89. The zero-order valence-electron chi connectivity index (χ0n) is 18.7. The highest BCUT2D eigenvalue weighted by Crippen LogP contribution is 2.11. The maximum atomic E-state index is 13.2. The van der Waals surface area contributed by atoms with E-state index in [9.17, 15) is 9.59 Å². The van der Waals surface area contributed by atoms with Crippen LogP contribution in [0.15, 0.2) is 53.1 Å². The minimum atomic E-state index is -0.0353. The molecule has 0 aliphatic rings. The highest BCUT2D eigenvalue weighted by molar-refractivity contribution is 5.84. The molecule has 0 fully saturated rings. The third-order valence-electron chi connectivity index (χ3n) is 5.05. The van der Waals surface area contributed by atoms with Gasteiger partial charge in [0.05, 0.1) is 19.4 Å². The van der Waals surface area contributed by atoms with Gasteiger partial charge < -0.3 is 14.2 Å². The van der Waals surface area contributed by atoms with Crippen molar-refractivity contribution in [2.45, 2.75) is 59.4 Å². The van der Waals surface area contributed by atoms with Crippen LogP contribution in [-0.2, 0) is 22.6 Å². The first-order valence-electron chi connectivity index (χ1n) is 11.1. The van der Waals surface area contributed by atoms with Gasteiger partial charge in [-0.15, -0.1) is 0 Å². The molecule has 1 aromatic carbocycles. The summed E-state index contributed by atoms with van der Waals surface area (Å²) >= 11 is 0. The standard InChI is InChI=1S/C25H36N2O3/c1-4-5-7-14-24(28)27(18-21(2)3)20-25(29)26(19-23-13-10-17-30-23)16-15-22-11-8-6-9-12-22/h6,8-13,17,21H,4-5,7,14-16,18-20H2,1-3H3. The van der Waals surface area contributed by atoms with Crippen molar-refractivity contribution in [3.8, 4) is 0 Å². The van der Waals surface area contributed by atoms with E-state index in [1.807, 2.05) is 30.3 Å². The van der Waals surface area contributed by atoms with Gasteiger partial charge in [0.1, 0.15) is 5.76 Å². The molecular formula is C25H36N2O3. The van der Waals surface area contributed by atoms with E-state index in [4.69, 9.17) is 4.42 Å². The zero-order chi connectivity index (χ0) is 21.8. The van der Waals surface area contributed by atoms with E-state index in [1.165, 1.54) is 5.56 Å². The van der Waals surface area contributed by atoms with Crippen molar-refractivity contribution >= 4 is 11.8 Å². The monoisotopic (exact) mass is 412 g/mol. The summed E-state index contributed by atoms with van der Waals surface area (Å²) in [5.41, 5.74) is 1.18. The Hall–Kier alpha value is -2.56. The number of carbonyl (C=O) groups is 2. The number of benzene rings is 1. The molecule has 5 heteroatoms. The fourth-order valence-electron chi connectivity index (χ4n) is 3.43. The van der Waals surface area contributed by atoms with Gasteiger partial charge >= 0.3 is 0 Å². The molecule has 2 rings (SSSR count). The summed E-state index contributed by atoms with van der Waals surface area (Å²) < 4.78 is 5.47. The van der Waals surface area contributed by atoms with E-state index >= 15 is 0 Å². The topological polar surface area (TPSA) is 53.8 Å². The largest absolute Gasteiger partial charge is 0.467 e. The van der Waals surface area contributed by atoms with Gasteiger partial charge in [0, 0.05) is 19.5 Å². The molecule has 5 nitrogen and oxygen atoms in total. The molecule has 0 bridgehead atoms. The van der Waals surface area contributed by atoms with Crippen molar-refractivity contribution in [1.82, 2.24) is 9.80 Å². The van der Waals surface area contributed by atoms with Crippen molar-refractivity contribution in [3.05, 3.63) is 60.1 Å². The molecule has 0 saturated carbocycles. The second-order valence-electron chi connectivity index (χ2n) is 8.26. The Labute approximate surface area is 181 Å². The number of unbranched alkanes of at least 4 members (excludes halogenated alkanes) is 2. The normalized spacial score (nSPS) is 10.9. The predicted molar refractivity (Wildman–Crippen MR) is 120 cm³/mol. The Morgan fingerprint density at radius 3 is 2.37 bits per heavy atom. The Morgan fingerprint density at radius 2 is 1.73 bits per heavy atom. The number of hydrogen-bond acceptors (Lipinski definition) is 3. The van der Waals surface area contributed by atoms with Crippen LogP contribution < -0.4 is 0 Å². The van der Waals surface area contributed by atoms with Crippen molar-refractivity contribution in [3.63, 3.8) is 0 Å². The molecule has 0 aliphatic carbocycles. The van der Waals surface area contributed by atoms with E-state index in [1.54, 1.807) is 16.1 Å². The lowest BCUT2D eigenvalue weighted by Gasteiger charge is -2.28. The summed E-state index contributed by atoms with van der Waals surface area (Å²) in [5.74, 6) is 1.11. The van der Waals surface area contributed by atoms with Gasteiger partial charge in [0.2, 0.25) is 11.8 Å². The van der Waals surface area contributed by atoms with Crippen LogP contribution in [-0.4, -0.2) is 41.2 Å². The molecule has 0 N–H and O–H groups in total. The molecule has 164 valence electrons. The van der Waals surface area contributed by atoms with Gasteiger partial charge in [-0.2, -0.15) is 0 Å². The smallest absolute Gasteiger partial charge is 0.242 e. The molecule has 0 spiro atoms. The van der Waals surface area contributed by atoms with Crippen molar-refractivity contribution in [1.29, 1.82) is 0 Å². The van der Waals surface area contributed by atoms with Gasteiger partial charge in [0.15, 0.2) is 0 Å². The molecule has 0 atom stereocenters. The van der Waals surface area contributed by atoms with Crippen LogP contribution in [0.5, 0.6) is 0 Å². The highest BCUT2D eigenvalue weighted by atomic mass is 16.3. The van der Waals surface area contributed by atoms with Crippen LogP contribution in [0.1, 0.15) is 57.8 Å². The fourth-order valence-corrected chi connectivity index (χ4v) is 3.43. The third-order valence-corrected chi connectivity index (χ3v) is 5.05. The molecule has 30 heavy (non-hydrogen) atoms. The lowest BCUT2D eigenvalue weighted by atomic mass is 10.1. The molecule has 1 aromatic heterocycles. The summed E-state index contributed by atoms with van der Waals surface area (Å²) in [6, 6.07) is 13.8. The minimum Gasteiger partial charge on any atom is -0.467 e. The predicted octanol–water partition coefficient (Wildman–Crippen LogP) is 4.92. The van der Waals surface area contributed by atoms with E-state index in [0.29, 0.717) is 32.0 Å². The first-order valence-corrected chi connectivity index (χ1v) is 11.1. The van der Waals surface area contributed by atoms with Crippen LogP contribution >= 0.6 is 0 Å². The van der Waals surface area contributed by atoms with Crippen LogP contribution in [0.4, 0.5) is 0 Å². The van der Waals surface area contributed by atoms with E-state index < -0.39 is 0 Å². The SMILES string of the molecule is CCCCCC(=O)N(CC(=O)N(CCc1ccccc1)Cc1ccco1)CC(C)C. The van der Waals surface area contributed by atoms with Gasteiger partial charge in [0.25, 0.3) is 0 Å². The molecule has 0 aliphatic heterocycles. The zero-order valence-corrected chi connectivity index (χ0v) is 18.7. The first-order chi connectivity index (χ1) is 14.5. The first kappa shape index (κ1) is 23.7. The van der Waals surface area contributed by atoms with Gasteiger partial charge in [-0.3, -0.25) is 9.59 Å². The lowest BCUT2D eigenvalue weighted by molar-refractivity contribution is -0.141. The maximum absolute atomic E-state index is 13.2. The van der Waals surface area contributed by atoms with Crippen molar-refractivity contribution < 1.29 is 14.0 Å². The number of hydrogen-bond donors (Lipinski definition) is 0. The average molecular weight is 413 g/mol. The Balaban J connectivity index is 2.05. The number of furan rings is 1. The quantitative estimate of drug-likeness (QED) is 0.439. The van der Waals surface area contributed by atoms with Crippen molar-refractivity contribution in [2.75, 3.05) is 19.6 Å². The summed E-state index contributed by atoms with van der Waals surface area (Å²) in [6.45, 7) is 8.00. The van der Waals surface area contributed by atoms with Crippen LogP contribution in [0.2, 0.25) is 0 Å². The molecule has 0 saturated heterocycles. The number of rotatable bonds is 13.